The van der Waals surface area contributed by atoms with Crippen molar-refractivity contribution >= 4 is 15.8 Å². The molecule has 0 saturated carbocycles. The molecule has 3 atom stereocenters. The van der Waals surface area contributed by atoms with Crippen LogP contribution < -0.4 is 0 Å². The number of carbonyl (C=O) groups is 1. The molecule has 0 radical (unpaired) electrons. The Bertz CT molecular complexity index is 1150. The highest BCUT2D eigenvalue weighted by molar-refractivity contribution is 7.91. The van der Waals surface area contributed by atoms with E-state index in [4.69, 9.17) is 4.74 Å². The molecule has 1 fully saturated rings. The van der Waals surface area contributed by atoms with E-state index in [0.717, 1.165) is 11.1 Å². The lowest BCUT2D eigenvalue weighted by Gasteiger charge is -2.31. The second-order valence-corrected chi connectivity index (χ2v) is 10.5. The van der Waals surface area contributed by atoms with Gasteiger partial charge < -0.3 is 4.74 Å². The summed E-state index contributed by atoms with van der Waals surface area (Å²) < 4.78 is 31.9. The van der Waals surface area contributed by atoms with Crippen molar-refractivity contribution in [3.8, 4) is 0 Å². The average molecular weight is 464 g/mol. The smallest absolute Gasteiger partial charge is 0.324 e. The molecule has 1 aliphatic rings. The zero-order valence-electron chi connectivity index (χ0n) is 18.7. The third kappa shape index (κ3) is 5.52. The fourth-order valence-electron chi connectivity index (χ4n) is 4.56. The van der Waals surface area contributed by atoms with Crippen LogP contribution >= 0.6 is 0 Å². The molecule has 1 aliphatic heterocycles. The summed E-state index contributed by atoms with van der Waals surface area (Å²) in [4.78, 5) is 15.7. The molecule has 0 spiro atoms. The van der Waals surface area contributed by atoms with Gasteiger partial charge in [0.2, 0.25) is 0 Å². The molecule has 0 aromatic heterocycles. The Balaban J connectivity index is 1.57. The first-order valence-electron chi connectivity index (χ1n) is 11.2. The monoisotopic (exact) mass is 463 g/mol. The van der Waals surface area contributed by atoms with Crippen molar-refractivity contribution in [2.75, 3.05) is 12.3 Å². The lowest BCUT2D eigenvalue weighted by molar-refractivity contribution is -0.152. The maximum atomic E-state index is 13.3. The van der Waals surface area contributed by atoms with Crippen molar-refractivity contribution in [1.29, 1.82) is 0 Å². The van der Waals surface area contributed by atoms with Crippen LogP contribution in [0.15, 0.2) is 95.9 Å². The maximum absolute atomic E-state index is 13.3. The van der Waals surface area contributed by atoms with Crippen molar-refractivity contribution in [2.24, 2.45) is 5.92 Å². The number of esters is 1. The van der Waals surface area contributed by atoms with E-state index in [-0.39, 0.29) is 35.2 Å². The van der Waals surface area contributed by atoms with Gasteiger partial charge in [-0.25, -0.2) is 8.42 Å². The molecule has 4 rings (SSSR count). The first-order chi connectivity index (χ1) is 16.0. The molecule has 6 heteroatoms. The SMILES string of the molecule is C[C@@H](c1ccccc1)N1CC[C@@H](CS(=O)(=O)c2ccccc2)[C@H]1C(=O)OCc1ccccc1. The Kier molecular flexibility index (Phi) is 7.26. The minimum Gasteiger partial charge on any atom is -0.460 e. The normalized spacial score (nSPS) is 19.8. The van der Waals surface area contributed by atoms with E-state index >= 15 is 0 Å². The van der Waals surface area contributed by atoms with Gasteiger partial charge in [-0.15, -0.1) is 0 Å². The number of sulfone groups is 1. The maximum Gasteiger partial charge on any atom is 0.324 e. The van der Waals surface area contributed by atoms with E-state index in [9.17, 15) is 13.2 Å². The number of nitrogens with zero attached hydrogens (tertiary/aromatic N) is 1. The Hall–Kier alpha value is -2.96. The van der Waals surface area contributed by atoms with Crippen LogP contribution in [0, 0.1) is 5.92 Å². The largest absolute Gasteiger partial charge is 0.460 e. The van der Waals surface area contributed by atoms with Crippen LogP contribution in [0.25, 0.3) is 0 Å². The number of ether oxygens (including phenoxy) is 1. The minimum absolute atomic E-state index is 0.0371. The topological polar surface area (TPSA) is 63.7 Å². The number of hydrogen-bond acceptors (Lipinski definition) is 5. The van der Waals surface area contributed by atoms with E-state index in [1.165, 1.54) is 0 Å². The van der Waals surface area contributed by atoms with Crippen molar-refractivity contribution in [2.45, 2.75) is 36.9 Å². The third-order valence-electron chi connectivity index (χ3n) is 6.34. The summed E-state index contributed by atoms with van der Waals surface area (Å²) in [5, 5.41) is 0. The number of likely N-dealkylation sites (tertiary alicyclic amines) is 1. The zero-order chi connectivity index (χ0) is 23.3. The van der Waals surface area contributed by atoms with E-state index in [1.54, 1.807) is 30.3 Å². The lowest BCUT2D eigenvalue weighted by Crippen LogP contribution is -2.43. The average Bonchev–Trinajstić information content (AvgIpc) is 3.26. The van der Waals surface area contributed by atoms with Gasteiger partial charge in [0.25, 0.3) is 0 Å². The number of hydrogen-bond donors (Lipinski definition) is 0. The van der Waals surface area contributed by atoms with E-state index in [1.807, 2.05) is 60.7 Å². The van der Waals surface area contributed by atoms with Crippen LogP contribution in [0.4, 0.5) is 0 Å². The molecular weight excluding hydrogens is 434 g/mol. The molecule has 172 valence electrons. The highest BCUT2D eigenvalue weighted by Gasteiger charge is 2.44. The summed E-state index contributed by atoms with van der Waals surface area (Å²) >= 11 is 0. The van der Waals surface area contributed by atoms with Gasteiger partial charge in [0.1, 0.15) is 12.6 Å². The van der Waals surface area contributed by atoms with Gasteiger partial charge >= 0.3 is 5.97 Å². The van der Waals surface area contributed by atoms with Gasteiger partial charge in [-0.05, 0) is 43.1 Å². The second kappa shape index (κ2) is 10.3. The van der Waals surface area contributed by atoms with Crippen molar-refractivity contribution in [3.05, 3.63) is 102 Å². The highest BCUT2D eigenvalue weighted by atomic mass is 32.2. The number of carbonyl (C=O) groups excluding carboxylic acids is 1. The summed E-state index contributed by atoms with van der Waals surface area (Å²) in [6.07, 6.45) is 0.619. The van der Waals surface area contributed by atoms with Crippen LogP contribution in [-0.4, -0.2) is 37.6 Å². The number of benzene rings is 3. The van der Waals surface area contributed by atoms with Gasteiger partial charge in [-0.2, -0.15) is 0 Å². The van der Waals surface area contributed by atoms with Gasteiger partial charge in [-0.1, -0.05) is 78.9 Å². The predicted octanol–water partition coefficient (Wildman–Crippen LogP) is 4.66. The lowest BCUT2D eigenvalue weighted by atomic mass is 10.0. The Morgan fingerprint density at radius 3 is 2.15 bits per heavy atom. The second-order valence-electron chi connectivity index (χ2n) is 8.51. The third-order valence-corrected chi connectivity index (χ3v) is 8.20. The van der Waals surface area contributed by atoms with Gasteiger partial charge in [-0.3, -0.25) is 9.69 Å². The Labute approximate surface area is 195 Å². The molecule has 0 bridgehead atoms. The van der Waals surface area contributed by atoms with Crippen molar-refractivity contribution in [1.82, 2.24) is 4.90 Å². The Morgan fingerprint density at radius 1 is 0.939 bits per heavy atom. The van der Waals surface area contributed by atoms with Crippen LogP contribution in [0.5, 0.6) is 0 Å². The fourth-order valence-corrected chi connectivity index (χ4v) is 6.24. The first-order valence-corrected chi connectivity index (χ1v) is 12.9. The molecule has 3 aromatic carbocycles. The fraction of sp³-hybridized carbons (Fsp3) is 0.296. The molecule has 0 amide bonds. The number of rotatable bonds is 8. The highest BCUT2D eigenvalue weighted by Crippen LogP contribution is 2.35. The van der Waals surface area contributed by atoms with E-state index in [0.29, 0.717) is 13.0 Å². The molecule has 1 heterocycles. The van der Waals surface area contributed by atoms with Gasteiger partial charge in [0.15, 0.2) is 9.84 Å². The summed E-state index contributed by atoms with van der Waals surface area (Å²) in [5.41, 5.74) is 1.99. The minimum atomic E-state index is -3.53. The quantitative estimate of drug-likeness (QED) is 0.455. The van der Waals surface area contributed by atoms with Crippen LogP contribution in [-0.2, 0) is 26.0 Å². The molecule has 0 aliphatic carbocycles. The van der Waals surface area contributed by atoms with Gasteiger partial charge in [0, 0.05) is 12.0 Å². The van der Waals surface area contributed by atoms with Crippen LogP contribution in [0.3, 0.4) is 0 Å². The molecule has 1 saturated heterocycles. The molecule has 33 heavy (non-hydrogen) atoms. The van der Waals surface area contributed by atoms with E-state index in [2.05, 4.69) is 11.8 Å². The summed E-state index contributed by atoms with van der Waals surface area (Å²) in [6.45, 7) is 2.86. The first kappa shape index (κ1) is 23.2. The zero-order valence-corrected chi connectivity index (χ0v) is 19.5. The molecule has 0 unspecified atom stereocenters. The van der Waals surface area contributed by atoms with E-state index < -0.39 is 15.9 Å². The Morgan fingerprint density at radius 2 is 1.52 bits per heavy atom. The van der Waals surface area contributed by atoms with Crippen LogP contribution in [0.2, 0.25) is 0 Å². The summed E-state index contributed by atoms with van der Waals surface area (Å²) in [5.74, 6) is -0.794. The summed E-state index contributed by atoms with van der Waals surface area (Å²) in [6, 6.07) is 27.3. The molecular formula is C27H29NO4S. The molecule has 0 N–H and O–H groups in total. The summed E-state index contributed by atoms with van der Waals surface area (Å²) in [7, 11) is -3.53. The van der Waals surface area contributed by atoms with Gasteiger partial charge in [0.05, 0.1) is 10.6 Å². The van der Waals surface area contributed by atoms with Crippen LogP contribution in [0.1, 0.15) is 30.5 Å². The molecule has 5 nitrogen and oxygen atoms in total. The van der Waals surface area contributed by atoms with Crippen molar-refractivity contribution in [3.63, 3.8) is 0 Å². The predicted molar refractivity (Wildman–Crippen MR) is 128 cm³/mol. The molecule has 3 aromatic rings. The standard InChI is InChI=1S/C27H29NO4S/c1-21(23-13-7-3-8-14-23)28-18-17-24(20-33(30,31)25-15-9-4-10-16-25)26(28)27(29)32-19-22-11-5-2-6-12-22/h2-16,21,24,26H,17-20H2,1H3/t21-,24-,26-/m0/s1. The van der Waals surface area contributed by atoms with Crippen molar-refractivity contribution < 1.29 is 17.9 Å².